The van der Waals surface area contributed by atoms with Crippen molar-refractivity contribution in [3.8, 4) is 17.2 Å². The Bertz CT molecular complexity index is 611. The van der Waals surface area contributed by atoms with Gasteiger partial charge in [-0.2, -0.15) is 16.7 Å². The lowest BCUT2D eigenvalue weighted by Crippen LogP contribution is -2.08. The van der Waals surface area contributed by atoms with E-state index < -0.39 is 5.82 Å². The summed E-state index contributed by atoms with van der Waals surface area (Å²) in [6.07, 6.45) is 6.47. The predicted molar refractivity (Wildman–Crippen MR) is 79.5 cm³/mol. The molecule has 0 bridgehead atoms. The maximum Gasteiger partial charge on any atom is 0.261 e. The Balaban J connectivity index is 1.65. The van der Waals surface area contributed by atoms with Gasteiger partial charge in [0.1, 0.15) is 11.6 Å². The fraction of sp³-hybridized carbons (Fsp3) is 0.467. The largest absolute Gasteiger partial charge is 0.507 e. The Labute approximate surface area is 126 Å². The number of halogens is 1. The summed E-state index contributed by atoms with van der Waals surface area (Å²) in [5.41, 5.74) is 0.359. The molecule has 1 aromatic carbocycles. The summed E-state index contributed by atoms with van der Waals surface area (Å²) >= 11 is 1.86. The molecule has 3 rings (SSSR count). The fourth-order valence-electron chi connectivity index (χ4n) is 2.53. The number of hydrogen-bond acceptors (Lipinski definition) is 5. The molecule has 0 saturated heterocycles. The van der Waals surface area contributed by atoms with Crippen LogP contribution in [-0.2, 0) is 5.75 Å². The molecule has 1 N–H and O–H groups in total. The van der Waals surface area contributed by atoms with E-state index in [4.69, 9.17) is 4.52 Å². The van der Waals surface area contributed by atoms with Gasteiger partial charge < -0.3 is 9.63 Å². The first kappa shape index (κ1) is 14.4. The van der Waals surface area contributed by atoms with Crippen LogP contribution in [0.2, 0.25) is 0 Å². The monoisotopic (exact) mass is 308 g/mol. The zero-order valence-electron chi connectivity index (χ0n) is 11.6. The lowest BCUT2D eigenvalue weighted by Gasteiger charge is -2.19. The highest BCUT2D eigenvalue weighted by Crippen LogP contribution is 2.31. The third kappa shape index (κ3) is 3.56. The summed E-state index contributed by atoms with van der Waals surface area (Å²) in [7, 11) is 0. The molecule has 0 radical (unpaired) electrons. The molecule has 1 aromatic heterocycles. The van der Waals surface area contributed by atoms with E-state index in [2.05, 4.69) is 10.1 Å². The van der Waals surface area contributed by atoms with E-state index in [0.717, 1.165) is 6.07 Å². The fourth-order valence-corrected chi connectivity index (χ4v) is 3.70. The van der Waals surface area contributed by atoms with Crippen LogP contribution in [0.15, 0.2) is 22.7 Å². The van der Waals surface area contributed by atoms with Crippen molar-refractivity contribution in [2.45, 2.75) is 43.1 Å². The van der Waals surface area contributed by atoms with Crippen molar-refractivity contribution in [1.29, 1.82) is 0 Å². The molecule has 1 aliphatic carbocycles. The Morgan fingerprint density at radius 3 is 2.86 bits per heavy atom. The Morgan fingerprint density at radius 1 is 1.29 bits per heavy atom. The van der Waals surface area contributed by atoms with Gasteiger partial charge in [-0.1, -0.05) is 24.4 Å². The van der Waals surface area contributed by atoms with Gasteiger partial charge in [0.25, 0.3) is 5.89 Å². The van der Waals surface area contributed by atoms with Crippen LogP contribution < -0.4 is 0 Å². The average Bonchev–Trinajstić information content (AvgIpc) is 2.95. The van der Waals surface area contributed by atoms with Gasteiger partial charge in [0, 0.05) is 11.3 Å². The first-order chi connectivity index (χ1) is 10.2. The van der Waals surface area contributed by atoms with Crippen molar-refractivity contribution in [3.63, 3.8) is 0 Å². The van der Waals surface area contributed by atoms with Crippen molar-refractivity contribution < 1.29 is 14.0 Å². The van der Waals surface area contributed by atoms with E-state index >= 15 is 0 Å². The summed E-state index contributed by atoms with van der Waals surface area (Å²) in [6.45, 7) is 0. The molecule has 4 nitrogen and oxygen atoms in total. The first-order valence-corrected chi connectivity index (χ1v) is 8.20. The number of rotatable bonds is 4. The number of phenolic OH excluding ortho intramolecular Hbond substituents is 1. The minimum absolute atomic E-state index is 0.190. The maximum absolute atomic E-state index is 13.0. The molecular weight excluding hydrogens is 291 g/mol. The van der Waals surface area contributed by atoms with E-state index in [0.29, 0.717) is 22.4 Å². The third-order valence-corrected chi connectivity index (χ3v) is 5.03. The van der Waals surface area contributed by atoms with Crippen LogP contribution in [0.25, 0.3) is 11.5 Å². The van der Waals surface area contributed by atoms with Crippen LogP contribution in [0.5, 0.6) is 5.75 Å². The molecule has 0 spiro atoms. The van der Waals surface area contributed by atoms with Crippen molar-refractivity contribution >= 4 is 11.8 Å². The van der Waals surface area contributed by atoms with Gasteiger partial charge in [-0.15, -0.1) is 0 Å². The second-order valence-electron chi connectivity index (χ2n) is 5.25. The number of benzene rings is 1. The second-order valence-corrected chi connectivity index (χ2v) is 6.54. The number of nitrogens with zero attached hydrogens (tertiary/aromatic N) is 2. The molecule has 0 amide bonds. The topological polar surface area (TPSA) is 59.2 Å². The van der Waals surface area contributed by atoms with Gasteiger partial charge in [0.2, 0.25) is 0 Å². The molecule has 1 aliphatic rings. The van der Waals surface area contributed by atoms with Crippen LogP contribution in [0.4, 0.5) is 4.39 Å². The van der Waals surface area contributed by atoms with Crippen LogP contribution >= 0.6 is 11.8 Å². The minimum atomic E-state index is -0.496. The molecule has 2 aromatic rings. The highest BCUT2D eigenvalue weighted by atomic mass is 32.2. The van der Waals surface area contributed by atoms with E-state index in [9.17, 15) is 9.50 Å². The summed E-state index contributed by atoms with van der Waals surface area (Å²) in [4.78, 5) is 4.27. The van der Waals surface area contributed by atoms with Crippen molar-refractivity contribution in [2.75, 3.05) is 0 Å². The smallest absolute Gasteiger partial charge is 0.261 e. The number of hydrogen-bond donors (Lipinski definition) is 1. The van der Waals surface area contributed by atoms with Crippen LogP contribution in [0.3, 0.4) is 0 Å². The second kappa shape index (κ2) is 6.47. The highest BCUT2D eigenvalue weighted by Gasteiger charge is 2.17. The summed E-state index contributed by atoms with van der Waals surface area (Å²) in [6, 6.07) is 3.74. The number of phenols is 1. The Kier molecular flexibility index (Phi) is 4.43. The lowest BCUT2D eigenvalue weighted by molar-refractivity contribution is 0.419. The van der Waals surface area contributed by atoms with Crippen LogP contribution in [0, 0.1) is 5.82 Å². The molecule has 1 saturated carbocycles. The molecule has 6 heteroatoms. The SMILES string of the molecule is Oc1cc(F)ccc1-c1nc(CSC2CCCCC2)no1. The Hall–Kier alpha value is -1.56. The first-order valence-electron chi connectivity index (χ1n) is 7.15. The van der Waals surface area contributed by atoms with E-state index in [-0.39, 0.29) is 11.6 Å². The van der Waals surface area contributed by atoms with Gasteiger partial charge in [-0.05, 0) is 25.0 Å². The van der Waals surface area contributed by atoms with Gasteiger partial charge in [0.05, 0.1) is 11.3 Å². The molecule has 21 heavy (non-hydrogen) atoms. The van der Waals surface area contributed by atoms with Crippen molar-refractivity contribution in [1.82, 2.24) is 10.1 Å². The average molecular weight is 308 g/mol. The normalized spacial score (nSPS) is 16.2. The maximum atomic E-state index is 13.0. The van der Waals surface area contributed by atoms with E-state index in [1.165, 1.54) is 44.2 Å². The van der Waals surface area contributed by atoms with Crippen LogP contribution in [-0.4, -0.2) is 20.5 Å². The lowest BCUT2D eigenvalue weighted by atomic mass is 10.0. The summed E-state index contributed by atoms with van der Waals surface area (Å²) < 4.78 is 18.1. The van der Waals surface area contributed by atoms with Gasteiger partial charge in [-0.25, -0.2) is 4.39 Å². The molecule has 1 heterocycles. The molecule has 1 fully saturated rings. The van der Waals surface area contributed by atoms with Gasteiger partial charge in [-0.3, -0.25) is 0 Å². The summed E-state index contributed by atoms with van der Waals surface area (Å²) in [5.74, 6) is 0.862. The van der Waals surface area contributed by atoms with E-state index in [1.54, 1.807) is 0 Å². The molecule has 0 aliphatic heterocycles. The Morgan fingerprint density at radius 2 is 2.10 bits per heavy atom. The molecule has 0 unspecified atom stereocenters. The van der Waals surface area contributed by atoms with Gasteiger partial charge >= 0.3 is 0 Å². The van der Waals surface area contributed by atoms with Crippen molar-refractivity contribution in [2.24, 2.45) is 0 Å². The van der Waals surface area contributed by atoms with Gasteiger partial charge in [0.15, 0.2) is 5.82 Å². The minimum Gasteiger partial charge on any atom is -0.507 e. The molecular formula is C15H17FN2O2S. The predicted octanol–water partition coefficient (Wildman–Crippen LogP) is 4.15. The standard InChI is InChI=1S/C15H17FN2O2S/c16-10-6-7-12(13(19)8-10)15-17-14(18-20-15)9-21-11-4-2-1-3-5-11/h6-8,11,19H,1-5,9H2. The zero-order chi connectivity index (χ0) is 14.7. The number of aromatic hydroxyl groups is 1. The number of thioether (sulfide) groups is 1. The molecule has 0 atom stereocenters. The van der Waals surface area contributed by atoms with E-state index in [1.807, 2.05) is 11.8 Å². The zero-order valence-corrected chi connectivity index (χ0v) is 12.4. The number of aromatic nitrogens is 2. The summed E-state index contributed by atoms with van der Waals surface area (Å²) in [5, 5.41) is 14.3. The highest BCUT2D eigenvalue weighted by molar-refractivity contribution is 7.99. The van der Waals surface area contributed by atoms with Crippen LogP contribution in [0.1, 0.15) is 37.9 Å². The van der Waals surface area contributed by atoms with Crippen molar-refractivity contribution in [3.05, 3.63) is 29.8 Å². The molecule has 112 valence electrons. The third-order valence-electron chi connectivity index (χ3n) is 3.66. The quantitative estimate of drug-likeness (QED) is 0.919.